The number of nitrogens with zero attached hydrogens (tertiary/aromatic N) is 3. The molecule has 1 saturated heterocycles. The zero-order valence-corrected chi connectivity index (χ0v) is 13.3. The van der Waals surface area contributed by atoms with Gasteiger partial charge in [-0.05, 0) is 44.7 Å². The van der Waals surface area contributed by atoms with Crippen LogP contribution in [0, 0.1) is 19.8 Å². The lowest BCUT2D eigenvalue weighted by molar-refractivity contribution is 0.173. The molecule has 4 nitrogen and oxygen atoms in total. The minimum atomic E-state index is 0.636. The highest BCUT2D eigenvalue weighted by Crippen LogP contribution is 2.32. The zero-order chi connectivity index (χ0) is 14.3. The summed E-state index contributed by atoms with van der Waals surface area (Å²) in [5.41, 5.74) is 7.36. The Hall–Kier alpha value is -1.20. The normalized spacial score (nSPS) is 20.6. The van der Waals surface area contributed by atoms with Crippen LogP contribution in [0.4, 0.5) is 5.82 Å². The number of fused-ring (bicyclic) bond motifs is 1. The molecule has 0 radical (unpaired) electrons. The third-order valence-corrected chi connectivity index (χ3v) is 5.31. The first-order chi connectivity index (χ1) is 9.54. The number of anilines is 1. The summed E-state index contributed by atoms with van der Waals surface area (Å²) in [5.74, 6) is 2.28. The maximum absolute atomic E-state index is 6.14. The van der Waals surface area contributed by atoms with E-state index in [4.69, 9.17) is 10.7 Å². The van der Waals surface area contributed by atoms with Crippen molar-refractivity contribution in [2.45, 2.75) is 40.2 Å². The average molecular weight is 290 g/mol. The lowest BCUT2D eigenvalue weighted by Crippen LogP contribution is -2.34. The van der Waals surface area contributed by atoms with E-state index in [1.807, 2.05) is 0 Å². The summed E-state index contributed by atoms with van der Waals surface area (Å²) >= 11 is 1.72. The van der Waals surface area contributed by atoms with Crippen molar-refractivity contribution in [1.29, 1.82) is 0 Å². The molecule has 1 aliphatic rings. The Bertz CT molecular complexity index is 634. The van der Waals surface area contributed by atoms with Crippen molar-refractivity contribution in [3.8, 4) is 0 Å². The number of likely N-dealkylation sites (tertiary alicyclic amines) is 1. The predicted octanol–water partition coefficient (Wildman–Crippen LogP) is 3.12. The fraction of sp³-hybridized carbons (Fsp3) is 0.600. The fourth-order valence-electron chi connectivity index (χ4n) is 3.03. The van der Waals surface area contributed by atoms with Crippen LogP contribution in [-0.4, -0.2) is 28.0 Å². The second-order valence-corrected chi connectivity index (χ2v) is 7.17. The minimum absolute atomic E-state index is 0.636. The van der Waals surface area contributed by atoms with Crippen molar-refractivity contribution >= 4 is 27.4 Å². The van der Waals surface area contributed by atoms with Crippen LogP contribution in [0.25, 0.3) is 10.2 Å². The maximum Gasteiger partial charge on any atom is 0.146 e. The first kappa shape index (κ1) is 13.8. The van der Waals surface area contributed by atoms with Gasteiger partial charge in [0.1, 0.15) is 16.5 Å². The van der Waals surface area contributed by atoms with E-state index in [1.165, 1.54) is 23.3 Å². The highest BCUT2D eigenvalue weighted by atomic mass is 32.1. The number of aryl methyl sites for hydroxylation is 2. The van der Waals surface area contributed by atoms with E-state index < -0.39 is 0 Å². The van der Waals surface area contributed by atoms with E-state index in [0.717, 1.165) is 41.6 Å². The molecule has 0 aromatic carbocycles. The Balaban J connectivity index is 1.89. The Morgan fingerprint density at radius 1 is 1.35 bits per heavy atom. The van der Waals surface area contributed by atoms with Gasteiger partial charge < -0.3 is 5.73 Å². The molecule has 5 heteroatoms. The lowest BCUT2D eigenvalue weighted by Gasteiger charge is -2.30. The van der Waals surface area contributed by atoms with E-state index in [9.17, 15) is 0 Å². The smallest absolute Gasteiger partial charge is 0.146 e. The van der Waals surface area contributed by atoms with Crippen LogP contribution in [0.1, 0.15) is 36.0 Å². The number of nitrogen functional groups attached to an aromatic ring is 1. The molecule has 20 heavy (non-hydrogen) atoms. The van der Waals surface area contributed by atoms with Gasteiger partial charge in [-0.25, -0.2) is 9.97 Å². The van der Waals surface area contributed by atoms with Crippen molar-refractivity contribution < 1.29 is 0 Å². The van der Waals surface area contributed by atoms with Gasteiger partial charge >= 0.3 is 0 Å². The van der Waals surface area contributed by atoms with E-state index in [1.54, 1.807) is 11.3 Å². The molecule has 0 aliphatic carbocycles. The van der Waals surface area contributed by atoms with Crippen LogP contribution in [0.15, 0.2) is 0 Å². The molecule has 2 N–H and O–H groups in total. The van der Waals surface area contributed by atoms with Crippen LogP contribution >= 0.6 is 11.3 Å². The van der Waals surface area contributed by atoms with Gasteiger partial charge in [-0.2, -0.15) is 0 Å². The molecule has 2 aromatic rings. The molecule has 1 atom stereocenters. The number of hydrogen-bond acceptors (Lipinski definition) is 5. The average Bonchev–Trinajstić information content (AvgIpc) is 2.65. The molecule has 0 bridgehead atoms. The van der Waals surface area contributed by atoms with Gasteiger partial charge in [-0.15, -0.1) is 11.3 Å². The molecule has 1 unspecified atom stereocenters. The summed E-state index contributed by atoms with van der Waals surface area (Å²) < 4.78 is 0. The number of piperidine rings is 1. The van der Waals surface area contributed by atoms with E-state index in [2.05, 4.69) is 30.7 Å². The van der Waals surface area contributed by atoms with Gasteiger partial charge in [0.15, 0.2) is 0 Å². The van der Waals surface area contributed by atoms with Crippen molar-refractivity contribution in [2.24, 2.45) is 5.92 Å². The molecule has 2 aromatic heterocycles. The second kappa shape index (κ2) is 5.30. The Labute approximate surface area is 124 Å². The first-order valence-corrected chi connectivity index (χ1v) is 8.10. The molecule has 1 fully saturated rings. The van der Waals surface area contributed by atoms with Crippen LogP contribution in [-0.2, 0) is 6.54 Å². The minimum Gasteiger partial charge on any atom is -0.383 e. The molecule has 0 amide bonds. The van der Waals surface area contributed by atoms with Crippen molar-refractivity contribution in [3.05, 3.63) is 16.3 Å². The summed E-state index contributed by atoms with van der Waals surface area (Å²) in [6.45, 7) is 9.64. The van der Waals surface area contributed by atoms with Gasteiger partial charge in [-0.3, -0.25) is 4.90 Å². The molecule has 0 spiro atoms. The standard InChI is InChI=1S/C15H22N4S/c1-9-5-4-6-19(7-9)8-12-17-14(16)13-10(2)11(3)20-15(13)18-12/h9H,4-8H2,1-3H3,(H2,16,17,18). The van der Waals surface area contributed by atoms with Gasteiger partial charge in [0.25, 0.3) is 0 Å². The SMILES string of the molecule is Cc1sc2nc(CN3CCCC(C)C3)nc(N)c2c1C. The van der Waals surface area contributed by atoms with Crippen molar-refractivity contribution in [1.82, 2.24) is 14.9 Å². The Morgan fingerprint density at radius 2 is 2.15 bits per heavy atom. The van der Waals surface area contributed by atoms with Gasteiger partial charge in [-0.1, -0.05) is 6.92 Å². The number of rotatable bonds is 2. The van der Waals surface area contributed by atoms with Crippen molar-refractivity contribution in [2.75, 3.05) is 18.8 Å². The molecule has 3 rings (SSSR count). The fourth-order valence-corrected chi connectivity index (χ4v) is 4.08. The summed E-state index contributed by atoms with van der Waals surface area (Å²) in [6, 6.07) is 0. The van der Waals surface area contributed by atoms with Gasteiger partial charge in [0.2, 0.25) is 0 Å². The lowest BCUT2D eigenvalue weighted by atomic mass is 10.0. The van der Waals surface area contributed by atoms with E-state index in [0.29, 0.717) is 5.82 Å². The van der Waals surface area contributed by atoms with Crippen molar-refractivity contribution in [3.63, 3.8) is 0 Å². The van der Waals surface area contributed by atoms with Crippen LogP contribution in [0.5, 0.6) is 0 Å². The number of hydrogen-bond donors (Lipinski definition) is 1. The molecule has 3 heterocycles. The topological polar surface area (TPSA) is 55.0 Å². The van der Waals surface area contributed by atoms with Gasteiger partial charge in [0, 0.05) is 11.4 Å². The number of nitrogens with two attached hydrogens (primary N) is 1. The molecule has 0 saturated carbocycles. The third-order valence-electron chi connectivity index (χ3n) is 4.21. The van der Waals surface area contributed by atoms with Crippen LogP contribution in [0.2, 0.25) is 0 Å². The van der Waals surface area contributed by atoms with E-state index in [-0.39, 0.29) is 0 Å². The number of aromatic nitrogens is 2. The summed E-state index contributed by atoms with van der Waals surface area (Å²) in [6.07, 6.45) is 2.61. The maximum atomic E-state index is 6.14. The zero-order valence-electron chi connectivity index (χ0n) is 12.4. The second-order valence-electron chi connectivity index (χ2n) is 5.97. The third kappa shape index (κ3) is 2.52. The summed E-state index contributed by atoms with van der Waals surface area (Å²) in [7, 11) is 0. The highest BCUT2D eigenvalue weighted by molar-refractivity contribution is 7.18. The predicted molar refractivity (Wildman–Crippen MR) is 85.0 cm³/mol. The quantitative estimate of drug-likeness (QED) is 0.923. The van der Waals surface area contributed by atoms with Gasteiger partial charge in [0.05, 0.1) is 11.9 Å². The largest absolute Gasteiger partial charge is 0.383 e. The Morgan fingerprint density at radius 3 is 2.90 bits per heavy atom. The molecule has 1 aliphatic heterocycles. The Kier molecular flexibility index (Phi) is 3.65. The monoisotopic (exact) mass is 290 g/mol. The summed E-state index contributed by atoms with van der Waals surface area (Å²) in [4.78, 5) is 14.0. The highest BCUT2D eigenvalue weighted by Gasteiger charge is 2.19. The molecular weight excluding hydrogens is 268 g/mol. The first-order valence-electron chi connectivity index (χ1n) is 7.29. The molecule has 108 valence electrons. The van der Waals surface area contributed by atoms with E-state index >= 15 is 0 Å². The molecular formula is C15H22N4S. The van der Waals surface area contributed by atoms with Crippen LogP contribution in [0.3, 0.4) is 0 Å². The number of thiophene rings is 1. The summed E-state index contributed by atoms with van der Waals surface area (Å²) in [5, 5.41) is 1.04. The van der Waals surface area contributed by atoms with Crippen LogP contribution < -0.4 is 5.73 Å².